The van der Waals surface area contributed by atoms with Gasteiger partial charge in [0.1, 0.15) is 0 Å². The second-order valence-electron chi connectivity index (χ2n) is 22.0. The third kappa shape index (κ3) is 6.86. The van der Waals surface area contributed by atoms with Crippen LogP contribution in [0.3, 0.4) is 0 Å². The van der Waals surface area contributed by atoms with E-state index < -0.39 is 0 Å². The third-order valence-corrected chi connectivity index (χ3v) is 17.7. The Morgan fingerprint density at radius 1 is 0.421 bits per heavy atom. The molecule has 11 aromatic carbocycles. The lowest BCUT2D eigenvalue weighted by Gasteiger charge is -2.43. The summed E-state index contributed by atoms with van der Waals surface area (Å²) in [6.45, 7) is 9.40. The fraction of sp³-hybridized carbons (Fsp3) is 0.162. The fourth-order valence-corrected chi connectivity index (χ4v) is 14.4. The molecule has 0 unspecified atom stereocenters. The Bertz CT molecular complexity index is 4060. The molecule has 14 rings (SSSR count). The predicted octanol–water partition coefficient (Wildman–Crippen LogP) is 20.5. The molecule has 1 spiro atoms. The largest absolute Gasteiger partial charge is 0.309 e. The molecule has 0 saturated heterocycles. The van der Waals surface area contributed by atoms with Crippen LogP contribution in [0.15, 0.2) is 231 Å². The standard InChI is InChI=1S/C74H62N2/c1-5-49-26-13-17-44-67(49)75(51-28-9-7-10-29-51)71-50(6-2)27-21-38-59(71)53-33-22-35-56-62(53)48-63-54(60-39-25-43-66-72(60)76(52-30-11-8-12-31-52)68-45-18-16-42-65(68)73(66,3)4)34-23-36-57(63)69(56)61-40-24-37-58-55-32-14-15-41-64(55)74(70(58)61)46-19-20-47-74/h7-18,21-45,48H,5-6,19-20,46-47H2,1-4H3. The molecule has 1 aliphatic heterocycles. The topological polar surface area (TPSA) is 6.48 Å². The van der Waals surface area contributed by atoms with E-state index in [2.05, 4.69) is 268 Å². The molecule has 1 heterocycles. The van der Waals surface area contributed by atoms with Gasteiger partial charge in [-0.05, 0) is 156 Å². The zero-order valence-corrected chi connectivity index (χ0v) is 44.1. The van der Waals surface area contributed by atoms with Gasteiger partial charge in [-0.25, -0.2) is 0 Å². The highest BCUT2D eigenvalue weighted by Crippen LogP contribution is 2.61. The number of benzene rings is 11. The summed E-state index contributed by atoms with van der Waals surface area (Å²) in [7, 11) is 0. The van der Waals surface area contributed by atoms with E-state index in [0.717, 1.165) is 37.1 Å². The van der Waals surface area contributed by atoms with Crippen LogP contribution in [0.1, 0.15) is 86.8 Å². The highest BCUT2D eigenvalue weighted by atomic mass is 15.2. The van der Waals surface area contributed by atoms with Crippen molar-refractivity contribution in [3.05, 3.63) is 264 Å². The van der Waals surface area contributed by atoms with Gasteiger partial charge in [0, 0.05) is 39.0 Å². The van der Waals surface area contributed by atoms with Gasteiger partial charge in [0.15, 0.2) is 0 Å². The van der Waals surface area contributed by atoms with E-state index in [-0.39, 0.29) is 10.8 Å². The molecule has 11 aromatic rings. The van der Waals surface area contributed by atoms with Gasteiger partial charge in [-0.2, -0.15) is 0 Å². The molecule has 0 aromatic heterocycles. The molecule has 0 radical (unpaired) electrons. The van der Waals surface area contributed by atoms with Crippen molar-refractivity contribution >= 4 is 55.7 Å². The Balaban J connectivity index is 1.12. The second kappa shape index (κ2) is 18.1. The number of fused-ring (bicyclic) bond motifs is 9. The van der Waals surface area contributed by atoms with Crippen molar-refractivity contribution in [3.63, 3.8) is 0 Å². The first kappa shape index (κ1) is 46.1. The molecule has 76 heavy (non-hydrogen) atoms. The van der Waals surface area contributed by atoms with Gasteiger partial charge in [0.2, 0.25) is 0 Å². The predicted molar refractivity (Wildman–Crippen MR) is 323 cm³/mol. The van der Waals surface area contributed by atoms with E-state index in [9.17, 15) is 0 Å². The minimum Gasteiger partial charge on any atom is -0.309 e. The number of para-hydroxylation sites is 6. The Morgan fingerprint density at radius 2 is 0.947 bits per heavy atom. The minimum atomic E-state index is -0.250. The number of anilines is 6. The van der Waals surface area contributed by atoms with E-state index in [0.29, 0.717) is 0 Å². The molecule has 1 saturated carbocycles. The van der Waals surface area contributed by atoms with Gasteiger partial charge in [-0.1, -0.05) is 229 Å². The molecule has 0 bridgehead atoms. The van der Waals surface area contributed by atoms with Crippen LogP contribution in [-0.4, -0.2) is 0 Å². The molecule has 2 aliphatic carbocycles. The van der Waals surface area contributed by atoms with E-state index in [4.69, 9.17) is 0 Å². The molecule has 2 heteroatoms. The van der Waals surface area contributed by atoms with Crippen LogP contribution in [-0.2, 0) is 23.7 Å². The Morgan fingerprint density at radius 3 is 1.70 bits per heavy atom. The maximum atomic E-state index is 2.57. The summed E-state index contributed by atoms with van der Waals surface area (Å²) >= 11 is 0. The first-order valence-corrected chi connectivity index (χ1v) is 27.8. The molecular weight excluding hydrogens is 917 g/mol. The van der Waals surface area contributed by atoms with Crippen LogP contribution in [0.25, 0.3) is 66.1 Å². The molecule has 368 valence electrons. The second-order valence-corrected chi connectivity index (χ2v) is 22.0. The van der Waals surface area contributed by atoms with Gasteiger partial charge in [0.05, 0.1) is 17.1 Å². The summed E-state index contributed by atoms with van der Waals surface area (Å²) in [6, 6.07) is 87.6. The zero-order valence-electron chi connectivity index (χ0n) is 44.1. The summed E-state index contributed by atoms with van der Waals surface area (Å²) in [6.07, 6.45) is 6.61. The van der Waals surface area contributed by atoms with Crippen molar-refractivity contribution in [2.75, 3.05) is 9.80 Å². The highest BCUT2D eigenvalue weighted by Gasteiger charge is 2.47. The van der Waals surface area contributed by atoms with E-state index >= 15 is 0 Å². The lowest BCUT2D eigenvalue weighted by atomic mass is 9.72. The zero-order chi connectivity index (χ0) is 51.1. The molecule has 1 fully saturated rings. The lowest BCUT2D eigenvalue weighted by molar-refractivity contribution is 0.551. The van der Waals surface area contributed by atoms with Crippen molar-refractivity contribution in [2.45, 2.75) is 77.0 Å². The SMILES string of the molecule is CCc1ccccc1N(c1ccccc1)c1c(CC)cccc1-c1cccc2c(-c3cccc4c3C3(CCCC3)c3ccccc3-4)c3cccc(-c4cccc5c4N(c4ccccc4)c4ccccc4C5(C)C)c3cc12. The monoisotopic (exact) mass is 978 g/mol. The minimum absolute atomic E-state index is 0.0363. The van der Waals surface area contributed by atoms with Crippen molar-refractivity contribution in [1.29, 1.82) is 0 Å². The van der Waals surface area contributed by atoms with Gasteiger partial charge in [0.25, 0.3) is 0 Å². The van der Waals surface area contributed by atoms with Crippen LogP contribution in [0, 0.1) is 0 Å². The molecule has 2 nitrogen and oxygen atoms in total. The summed E-state index contributed by atoms with van der Waals surface area (Å²) < 4.78 is 0. The smallest absolute Gasteiger partial charge is 0.0581 e. The number of aryl methyl sites for hydroxylation is 2. The van der Waals surface area contributed by atoms with Crippen molar-refractivity contribution < 1.29 is 0 Å². The number of rotatable bonds is 9. The molecule has 0 atom stereocenters. The molecule has 0 amide bonds. The number of hydrogen-bond acceptors (Lipinski definition) is 2. The maximum Gasteiger partial charge on any atom is 0.0581 e. The number of nitrogens with zero attached hydrogens (tertiary/aromatic N) is 2. The maximum absolute atomic E-state index is 2.57. The Kier molecular flexibility index (Phi) is 11.0. The fourth-order valence-electron chi connectivity index (χ4n) is 14.4. The first-order chi connectivity index (χ1) is 37.4. The summed E-state index contributed by atoms with van der Waals surface area (Å²) in [5, 5.41) is 5.08. The lowest BCUT2D eigenvalue weighted by Crippen LogP contribution is -2.31. The quantitative estimate of drug-likeness (QED) is 0.133. The summed E-state index contributed by atoms with van der Waals surface area (Å²) in [4.78, 5) is 5.09. The van der Waals surface area contributed by atoms with Crippen molar-refractivity contribution in [3.8, 4) is 44.5 Å². The van der Waals surface area contributed by atoms with Gasteiger partial charge < -0.3 is 9.80 Å². The average Bonchev–Trinajstić information content (AvgIpc) is 4.18. The van der Waals surface area contributed by atoms with Crippen LogP contribution >= 0.6 is 0 Å². The van der Waals surface area contributed by atoms with Crippen LogP contribution in [0.4, 0.5) is 34.1 Å². The van der Waals surface area contributed by atoms with Crippen LogP contribution in [0.2, 0.25) is 0 Å². The first-order valence-electron chi connectivity index (χ1n) is 27.8. The molecular formula is C74H62N2. The molecule has 0 N–H and O–H groups in total. The van der Waals surface area contributed by atoms with Crippen LogP contribution in [0.5, 0.6) is 0 Å². The Labute approximate surface area is 448 Å². The normalized spacial score (nSPS) is 14.7. The molecule has 3 aliphatic rings. The summed E-state index contributed by atoms with van der Waals surface area (Å²) in [5.41, 5.74) is 25.7. The van der Waals surface area contributed by atoms with Crippen LogP contribution < -0.4 is 9.80 Å². The third-order valence-electron chi connectivity index (χ3n) is 17.7. The number of hydrogen-bond donors (Lipinski definition) is 0. The van der Waals surface area contributed by atoms with Gasteiger partial charge in [-0.15, -0.1) is 0 Å². The van der Waals surface area contributed by atoms with E-state index in [1.54, 1.807) is 0 Å². The van der Waals surface area contributed by atoms with Crippen molar-refractivity contribution in [1.82, 2.24) is 0 Å². The van der Waals surface area contributed by atoms with Gasteiger partial charge >= 0.3 is 0 Å². The summed E-state index contributed by atoms with van der Waals surface area (Å²) in [5.74, 6) is 0. The van der Waals surface area contributed by atoms with E-state index in [1.807, 2.05) is 0 Å². The Hall–Kier alpha value is -8.46. The van der Waals surface area contributed by atoms with Gasteiger partial charge in [-0.3, -0.25) is 0 Å². The van der Waals surface area contributed by atoms with E-state index in [1.165, 1.54) is 135 Å². The highest BCUT2D eigenvalue weighted by molar-refractivity contribution is 6.21. The van der Waals surface area contributed by atoms with Crippen molar-refractivity contribution in [2.24, 2.45) is 0 Å². The average molecular weight is 979 g/mol.